The third-order valence-corrected chi connectivity index (χ3v) is 3.89. The molecule has 2 rings (SSSR count). The number of aromatic nitrogens is 2. The van der Waals surface area contributed by atoms with E-state index in [-0.39, 0.29) is 0 Å². The Morgan fingerprint density at radius 3 is 2.94 bits per heavy atom. The standard InChI is InChI=1S/C12H15N3OS/c1-10-3-4-12(11(13)9-10)17(16)8-7-15-6-2-5-14-15/h2-6,9H,7-8,13H2,1H3. The Kier molecular flexibility index (Phi) is 3.58. The average Bonchev–Trinajstić information content (AvgIpc) is 2.78. The Labute approximate surface area is 103 Å². The van der Waals surface area contributed by atoms with Crippen LogP contribution in [0.1, 0.15) is 5.56 Å². The van der Waals surface area contributed by atoms with Crippen molar-refractivity contribution in [1.82, 2.24) is 9.78 Å². The number of hydrogen-bond donors (Lipinski definition) is 1. The zero-order chi connectivity index (χ0) is 12.3. The summed E-state index contributed by atoms with van der Waals surface area (Å²) in [5.74, 6) is 0.523. The van der Waals surface area contributed by atoms with Gasteiger partial charge in [-0.1, -0.05) is 6.07 Å². The summed E-state index contributed by atoms with van der Waals surface area (Å²) in [5.41, 5.74) is 7.54. The lowest BCUT2D eigenvalue weighted by molar-refractivity contribution is 0.644. The molecule has 0 fully saturated rings. The molecule has 0 saturated carbocycles. The number of benzene rings is 1. The highest BCUT2D eigenvalue weighted by Crippen LogP contribution is 2.18. The molecule has 90 valence electrons. The van der Waals surface area contributed by atoms with Crippen LogP contribution in [0.3, 0.4) is 0 Å². The van der Waals surface area contributed by atoms with Gasteiger partial charge in [0.15, 0.2) is 0 Å². The predicted octanol–water partition coefficient (Wildman–Crippen LogP) is 1.58. The van der Waals surface area contributed by atoms with Crippen molar-refractivity contribution >= 4 is 16.5 Å². The third kappa shape index (κ3) is 2.94. The fourth-order valence-corrected chi connectivity index (χ4v) is 2.71. The molecule has 0 aliphatic rings. The summed E-state index contributed by atoms with van der Waals surface area (Å²) in [6.07, 6.45) is 3.57. The van der Waals surface area contributed by atoms with Crippen LogP contribution in [0.25, 0.3) is 0 Å². The van der Waals surface area contributed by atoms with Gasteiger partial charge in [-0.15, -0.1) is 0 Å². The average molecular weight is 249 g/mol. The van der Waals surface area contributed by atoms with Gasteiger partial charge in [0.1, 0.15) is 0 Å². The summed E-state index contributed by atoms with van der Waals surface area (Å²) in [6.45, 7) is 2.60. The fourth-order valence-electron chi connectivity index (χ4n) is 1.59. The summed E-state index contributed by atoms with van der Waals surface area (Å²) < 4.78 is 13.8. The van der Waals surface area contributed by atoms with Gasteiger partial charge >= 0.3 is 0 Å². The lowest BCUT2D eigenvalue weighted by Gasteiger charge is -2.06. The molecule has 17 heavy (non-hydrogen) atoms. The van der Waals surface area contributed by atoms with Crippen molar-refractivity contribution in [2.75, 3.05) is 11.5 Å². The highest BCUT2D eigenvalue weighted by molar-refractivity contribution is 7.85. The molecule has 0 radical (unpaired) electrons. The van der Waals surface area contributed by atoms with Gasteiger partial charge in [0, 0.05) is 23.8 Å². The van der Waals surface area contributed by atoms with E-state index in [0.717, 1.165) is 5.56 Å². The van der Waals surface area contributed by atoms with Crippen LogP contribution in [0.5, 0.6) is 0 Å². The molecule has 2 N–H and O–H groups in total. The first-order chi connectivity index (χ1) is 8.16. The van der Waals surface area contributed by atoms with Crippen molar-refractivity contribution in [3.63, 3.8) is 0 Å². The van der Waals surface area contributed by atoms with Gasteiger partial charge in [0.25, 0.3) is 0 Å². The normalized spacial score (nSPS) is 12.5. The molecule has 4 nitrogen and oxygen atoms in total. The molecule has 0 spiro atoms. The summed E-state index contributed by atoms with van der Waals surface area (Å²) in [7, 11) is -1.07. The second-order valence-electron chi connectivity index (χ2n) is 3.86. The maximum absolute atomic E-state index is 12.1. The molecule has 0 bridgehead atoms. The first-order valence-electron chi connectivity index (χ1n) is 5.39. The quantitative estimate of drug-likeness (QED) is 0.837. The summed E-state index contributed by atoms with van der Waals surface area (Å²) in [5, 5.41) is 4.07. The van der Waals surface area contributed by atoms with Gasteiger partial charge in [0.05, 0.1) is 22.2 Å². The van der Waals surface area contributed by atoms with Gasteiger partial charge in [0.2, 0.25) is 0 Å². The van der Waals surface area contributed by atoms with Crippen molar-refractivity contribution in [1.29, 1.82) is 0 Å². The zero-order valence-corrected chi connectivity index (χ0v) is 10.5. The number of hydrogen-bond acceptors (Lipinski definition) is 3. The van der Waals surface area contributed by atoms with E-state index in [1.165, 1.54) is 0 Å². The Balaban J connectivity index is 2.04. The highest BCUT2D eigenvalue weighted by Gasteiger charge is 2.08. The second-order valence-corrected chi connectivity index (χ2v) is 5.40. The molecule has 1 aromatic heterocycles. The SMILES string of the molecule is Cc1ccc(S(=O)CCn2cccn2)c(N)c1. The molecule has 1 heterocycles. The number of nitrogens with zero attached hydrogens (tertiary/aromatic N) is 2. The van der Waals surface area contributed by atoms with E-state index in [0.29, 0.717) is 22.9 Å². The summed E-state index contributed by atoms with van der Waals surface area (Å²) >= 11 is 0. The van der Waals surface area contributed by atoms with Crippen LogP contribution < -0.4 is 5.73 Å². The lowest BCUT2D eigenvalue weighted by atomic mass is 10.2. The molecule has 1 aromatic carbocycles. The van der Waals surface area contributed by atoms with Crippen LogP contribution >= 0.6 is 0 Å². The van der Waals surface area contributed by atoms with E-state index < -0.39 is 10.8 Å². The minimum atomic E-state index is -1.07. The van der Waals surface area contributed by atoms with Crippen molar-refractivity contribution < 1.29 is 4.21 Å². The van der Waals surface area contributed by atoms with Crippen LogP contribution in [0.15, 0.2) is 41.6 Å². The lowest BCUT2D eigenvalue weighted by Crippen LogP contribution is -2.09. The van der Waals surface area contributed by atoms with Crippen molar-refractivity contribution in [2.24, 2.45) is 0 Å². The topological polar surface area (TPSA) is 60.9 Å². The van der Waals surface area contributed by atoms with Crippen LogP contribution in [-0.2, 0) is 17.3 Å². The molecule has 2 aromatic rings. The molecule has 0 aliphatic carbocycles. The van der Waals surface area contributed by atoms with Crippen LogP contribution in [0.4, 0.5) is 5.69 Å². The van der Waals surface area contributed by atoms with Gasteiger partial charge in [-0.25, -0.2) is 0 Å². The molecule has 1 unspecified atom stereocenters. The summed E-state index contributed by atoms with van der Waals surface area (Å²) in [6, 6.07) is 7.46. The van der Waals surface area contributed by atoms with E-state index >= 15 is 0 Å². The van der Waals surface area contributed by atoms with Crippen molar-refractivity contribution in [3.05, 3.63) is 42.2 Å². The molecule has 0 amide bonds. The molecular weight excluding hydrogens is 234 g/mol. The number of rotatable bonds is 4. The fraction of sp³-hybridized carbons (Fsp3) is 0.250. The molecule has 5 heteroatoms. The Bertz CT molecular complexity index is 523. The van der Waals surface area contributed by atoms with E-state index in [1.54, 1.807) is 10.9 Å². The first-order valence-corrected chi connectivity index (χ1v) is 6.70. The van der Waals surface area contributed by atoms with E-state index in [4.69, 9.17) is 5.73 Å². The second kappa shape index (κ2) is 5.14. The molecular formula is C12H15N3OS. The van der Waals surface area contributed by atoms with Crippen LogP contribution in [-0.4, -0.2) is 19.7 Å². The van der Waals surface area contributed by atoms with E-state index in [9.17, 15) is 4.21 Å². The Morgan fingerprint density at radius 1 is 1.47 bits per heavy atom. The van der Waals surface area contributed by atoms with Crippen LogP contribution in [0.2, 0.25) is 0 Å². The van der Waals surface area contributed by atoms with Crippen LogP contribution in [0, 0.1) is 6.92 Å². The zero-order valence-electron chi connectivity index (χ0n) is 9.67. The Morgan fingerprint density at radius 2 is 2.29 bits per heavy atom. The van der Waals surface area contributed by atoms with Gasteiger partial charge < -0.3 is 5.73 Å². The van der Waals surface area contributed by atoms with Crippen molar-refractivity contribution in [3.8, 4) is 0 Å². The van der Waals surface area contributed by atoms with Gasteiger partial charge in [-0.05, 0) is 30.7 Å². The van der Waals surface area contributed by atoms with E-state index in [2.05, 4.69) is 5.10 Å². The molecule has 0 aliphatic heterocycles. The minimum absolute atomic E-state index is 0.523. The number of aryl methyl sites for hydroxylation is 2. The third-order valence-electron chi connectivity index (χ3n) is 2.48. The molecule has 1 atom stereocenters. The maximum Gasteiger partial charge on any atom is 0.0618 e. The number of anilines is 1. The predicted molar refractivity (Wildman–Crippen MR) is 69.1 cm³/mol. The number of nitrogens with two attached hydrogens (primary N) is 1. The number of nitrogen functional groups attached to an aromatic ring is 1. The summed E-state index contributed by atoms with van der Waals surface area (Å²) in [4.78, 5) is 0.711. The van der Waals surface area contributed by atoms with Crippen molar-refractivity contribution in [2.45, 2.75) is 18.4 Å². The maximum atomic E-state index is 12.1. The van der Waals surface area contributed by atoms with Gasteiger partial charge in [-0.3, -0.25) is 8.89 Å². The highest BCUT2D eigenvalue weighted by atomic mass is 32.2. The Hall–Kier alpha value is -1.62. The molecule has 0 saturated heterocycles. The largest absolute Gasteiger partial charge is 0.398 e. The smallest absolute Gasteiger partial charge is 0.0618 e. The van der Waals surface area contributed by atoms with E-state index in [1.807, 2.05) is 37.4 Å². The monoisotopic (exact) mass is 249 g/mol. The van der Waals surface area contributed by atoms with Gasteiger partial charge in [-0.2, -0.15) is 5.10 Å². The first kappa shape index (κ1) is 11.9. The minimum Gasteiger partial charge on any atom is -0.398 e.